The molecule has 5 heteroatoms. The molecule has 0 aromatic heterocycles. The zero-order chi connectivity index (χ0) is 14.0. The molecule has 0 aromatic carbocycles. The van der Waals surface area contributed by atoms with E-state index in [0.29, 0.717) is 13.2 Å². The summed E-state index contributed by atoms with van der Waals surface area (Å²) in [6.45, 7) is 8.19. The van der Waals surface area contributed by atoms with Gasteiger partial charge in [-0.2, -0.15) is 0 Å². The molecular weight excluding hydrogens is 244 g/mol. The molecule has 0 saturated carbocycles. The molecule has 2 aliphatic rings. The van der Waals surface area contributed by atoms with Gasteiger partial charge < -0.3 is 14.5 Å². The van der Waals surface area contributed by atoms with E-state index in [2.05, 4.69) is 13.8 Å². The molecule has 2 unspecified atom stereocenters. The van der Waals surface area contributed by atoms with Gasteiger partial charge in [0.25, 0.3) is 0 Å². The largest absolute Gasteiger partial charge is 0.380 e. The van der Waals surface area contributed by atoms with Gasteiger partial charge in [-0.1, -0.05) is 13.8 Å². The quantitative estimate of drug-likeness (QED) is 0.744. The minimum absolute atomic E-state index is 0.000787. The second-order valence-electron chi connectivity index (χ2n) is 5.68. The molecule has 2 saturated heterocycles. The summed E-state index contributed by atoms with van der Waals surface area (Å²) in [5.74, 6) is 0.482. The highest BCUT2D eigenvalue weighted by Crippen LogP contribution is 2.26. The molecule has 0 spiro atoms. The molecule has 2 atom stereocenters. The lowest BCUT2D eigenvalue weighted by Gasteiger charge is -2.41. The third-order valence-electron chi connectivity index (χ3n) is 4.11. The number of piperazine rings is 1. The fourth-order valence-electron chi connectivity index (χ4n) is 2.99. The van der Waals surface area contributed by atoms with Crippen molar-refractivity contribution in [2.75, 3.05) is 26.3 Å². The van der Waals surface area contributed by atoms with E-state index in [1.165, 1.54) is 0 Å². The molecule has 2 rings (SSSR count). The van der Waals surface area contributed by atoms with Gasteiger partial charge in [-0.15, -0.1) is 0 Å². The first-order valence-electron chi connectivity index (χ1n) is 7.24. The van der Waals surface area contributed by atoms with Crippen molar-refractivity contribution >= 4 is 11.8 Å². The predicted octanol–water partition coefficient (Wildman–Crippen LogP) is 0.881. The number of hydrogen-bond donors (Lipinski definition) is 0. The van der Waals surface area contributed by atoms with Gasteiger partial charge in [0.05, 0.1) is 12.6 Å². The normalized spacial score (nSPS) is 25.2. The SMILES string of the molecule is CCOCC(C(C)C)N1CC(=O)N2CCCC2C1=O. The van der Waals surface area contributed by atoms with Crippen LogP contribution >= 0.6 is 0 Å². The summed E-state index contributed by atoms with van der Waals surface area (Å²) >= 11 is 0. The molecule has 0 radical (unpaired) electrons. The lowest BCUT2D eigenvalue weighted by atomic mass is 10.00. The van der Waals surface area contributed by atoms with Gasteiger partial charge in [-0.3, -0.25) is 9.59 Å². The second kappa shape index (κ2) is 5.90. The van der Waals surface area contributed by atoms with Crippen LogP contribution in [0.1, 0.15) is 33.6 Å². The number of ether oxygens (including phenoxy) is 1. The highest BCUT2D eigenvalue weighted by atomic mass is 16.5. The van der Waals surface area contributed by atoms with Crippen molar-refractivity contribution < 1.29 is 14.3 Å². The maximum Gasteiger partial charge on any atom is 0.246 e. The number of fused-ring (bicyclic) bond motifs is 1. The van der Waals surface area contributed by atoms with Crippen molar-refractivity contribution in [3.63, 3.8) is 0 Å². The van der Waals surface area contributed by atoms with Gasteiger partial charge in [-0.05, 0) is 25.7 Å². The van der Waals surface area contributed by atoms with Crippen LogP contribution in [0.5, 0.6) is 0 Å². The number of amides is 2. The van der Waals surface area contributed by atoms with E-state index in [1.54, 1.807) is 9.80 Å². The van der Waals surface area contributed by atoms with Crippen molar-refractivity contribution in [2.24, 2.45) is 5.92 Å². The molecule has 0 aromatic rings. The second-order valence-corrected chi connectivity index (χ2v) is 5.68. The summed E-state index contributed by atoms with van der Waals surface area (Å²) in [6, 6.07) is -0.219. The zero-order valence-electron chi connectivity index (χ0n) is 12.1. The average molecular weight is 268 g/mol. The molecule has 2 aliphatic heterocycles. The maximum atomic E-state index is 12.5. The lowest BCUT2D eigenvalue weighted by molar-refractivity contribution is -0.158. The van der Waals surface area contributed by atoms with Crippen molar-refractivity contribution in [1.29, 1.82) is 0 Å². The van der Waals surface area contributed by atoms with Crippen LogP contribution in [0.2, 0.25) is 0 Å². The Morgan fingerprint density at radius 2 is 2.11 bits per heavy atom. The standard InChI is InChI=1S/C14H24N2O3/c1-4-19-9-12(10(2)3)16-8-13(17)15-7-5-6-11(15)14(16)18/h10-12H,4-9H2,1-3H3. The Bertz CT molecular complexity index is 357. The summed E-state index contributed by atoms with van der Waals surface area (Å²) in [4.78, 5) is 28.2. The number of carbonyl (C=O) groups excluding carboxylic acids is 2. The van der Waals surface area contributed by atoms with Gasteiger partial charge in [0, 0.05) is 13.2 Å². The topological polar surface area (TPSA) is 49.9 Å². The molecule has 5 nitrogen and oxygen atoms in total. The number of hydrogen-bond acceptors (Lipinski definition) is 3. The molecule has 0 bridgehead atoms. The Balaban J connectivity index is 2.13. The van der Waals surface area contributed by atoms with E-state index in [-0.39, 0.29) is 36.4 Å². The molecule has 0 aliphatic carbocycles. The van der Waals surface area contributed by atoms with Crippen LogP contribution in [-0.4, -0.2) is 60.0 Å². The van der Waals surface area contributed by atoms with E-state index in [9.17, 15) is 9.59 Å². The van der Waals surface area contributed by atoms with Gasteiger partial charge in [0.1, 0.15) is 12.6 Å². The Kier molecular flexibility index (Phi) is 4.45. The van der Waals surface area contributed by atoms with Crippen LogP contribution in [0.15, 0.2) is 0 Å². The van der Waals surface area contributed by atoms with Crippen molar-refractivity contribution in [1.82, 2.24) is 9.80 Å². The first-order valence-corrected chi connectivity index (χ1v) is 7.24. The van der Waals surface area contributed by atoms with Gasteiger partial charge >= 0.3 is 0 Å². The molecule has 108 valence electrons. The van der Waals surface area contributed by atoms with Crippen molar-refractivity contribution in [3.05, 3.63) is 0 Å². The molecule has 2 fully saturated rings. The van der Waals surface area contributed by atoms with E-state index in [0.717, 1.165) is 19.4 Å². The number of carbonyl (C=O) groups is 2. The summed E-state index contributed by atoms with van der Waals surface area (Å²) in [6.07, 6.45) is 1.74. The van der Waals surface area contributed by atoms with Crippen LogP contribution < -0.4 is 0 Å². The number of rotatable bonds is 5. The lowest BCUT2D eigenvalue weighted by Crippen LogP contribution is -2.61. The molecule has 2 amide bonds. The van der Waals surface area contributed by atoms with E-state index >= 15 is 0 Å². The summed E-state index contributed by atoms with van der Waals surface area (Å²) in [5.41, 5.74) is 0. The Labute approximate surface area is 114 Å². The fraction of sp³-hybridized carbons (Fsp3) is 0.857. The van der Waals surface area contributed by atoms with E-state index in [1.807, 2.05) is 6.92 Å². The zero-order valence-corrected chi connectivity index (χ0v) is 12.1. The molecular formula is C14H24N2O3. The molecule has 2 heterocycles. The first kappa shape index (κ1) is 14.3. The van der Waals surface area contributed by atoms with Crippen molar-refractivity contribution in [2.45, 2.75) is 45.7 Å². The Hall–Kier alpha value is -1.10. The Morgan fingerprint density at radius 1 is 1.37 bits per heavy atom. The van der Waals surface area contributed by atoms with Crippen LogP contribution in [0.4, 0.5) is 0 Å². The van der Waals surface area contributed by atoms with Gasteiger partial charge in [0.2, 0.25) is 11.8 Å². The van der Waals surface area contributed by atoms with Crippen LogP contribution in [0, 0.1) is 5.92 Å². The van der Waals surface area contributed by atoms with Crippen molar-refractivity contribution in [3.8, 4) is 0 Å². The number of nitrogens with zero attached hydrogens (tertiary/aromatic N) is 2. The predicted molar refractivity (Wildman–Crippen MR) is 71.6 cm³/mol. The fourth-order valence-corrected chi connectivity index (χ4v) is 2.99. The Morgan fingerprint density at radius 3 is 2.74 bits per heavy atom. The highest BCUT2D eigenvalue weighted by molar-refractivity contribution is 5.95. The minimum atomic E-state index is -0.218. The minimum Gasteiger partial charge on any atom is -0.380 e. The van der Waals surface area contributed by atoms with Gasteiger partial charge in [-0.25, -0.2) is 0 Å². The van der Waals surface area contributed by atoms with Crippen LogP contribution in [0.25, 0.3) is 0 Å². The monoisotopic (exact) mass is 268 g/mol. The average Bonchev–Trinajstić information content (AvgIpc) is 2.85. The smallest absolute Gasteiger partial charge is 0.246 e. The van der Waals surface area contributed by atoms with E-state index < -0.39 is 0 Å². The third kappa shape index (κ3) is 2.76. The highest BCUT2D eigenvalue weighted by Gasteiger charge is 2.44. The first-order chi connectivity index (χ1) is 9.06. The van der Waals surface area contributed by atoms with Gasteiger partial charge in [0.15, 0.2) is 0 Å². The van der Waals surface area contributed by atoms with Crippen LogP contribution in [0.3, 0.4) is 0 Å². The molecule has 0 N–H and O–H groups in total. The maximum absolute atomic E-state index is 12.5. The third-order valence-corrected chi connectivity index (χ3v) is 4.11. The summed E-state index contributed by atoms with van der Waals surface area (Å²) in [5, 5.41) is 0. The van der Waals surface area contributed by atoms with E-state index in [4.69, 9.17) is 4.74 Å². The summed E-state index contributed by atoms with van der Waals surface area (Å²) < 4.78 is 5.49. The van der Waals surface area contributed by atoms with Crippen LogP contribution in [-0.2, 0) is 14.3 Å². The molecule has 19 heavy (non-hydrogen) atoms. The summed E-state index contributed by atoms with van der Waals surface area (Å²) in [7, 11) is 0.